The number of carboxylic acid groups (broad SMARTS) is 1. The van der Waals surface area contributed by atoms with Crippen molar-refractivity contribution >= 4 is 11.9 Å². The van der Waals surface area contributed by atoms with Crippen LogP contribution >= 0.6 is 0 Å². The number of aliphatic carboxylic acids is 1. The summed E-state index contributed by atoms with van der Waals surface area (Å²) in [6.07, 6.45) is 0.268. The number of amides is 1. The van der Waals surface area contributed by atoms with Gasteiger partial charge in [0, 0.05) is 12.0 Å². The Morgan fingerprint density at radius 3 is 2.04 bits per heavy atom. The van der Waals surface area contributed by atoms with E-state index >= 15 is 0 Å². The molecule has 4 heteroatoms. The maximum Gasteiger partial charge on any atom is 0.326 e. The molecule has 0 aliphatic rings. The minimum Gasteiger partial charge on any atom is -0.480 e. The number of rotatable bonds is 5. The molecule has 24 heavy (non-hydrogen) atoms. The Balaban J connectivity index is 2.22. The number of carbonyl (C=O) groups excluding carboxylic acids is 1. The van der Waals surface area contributed by atoms with E-state index in [0.29, 0.717) is 5.56 Å². The van der Waals surface area contributed by atoms with Crippen molar-refractivity contribution in [3.63, 3.8) is 0 Å². The fraction of sp³-hybridized carbons (Fsp3) is 0.300. The lowest BCUT2D eigenvalue weighted by Crippen LogP contribution is -2.42. The summed E-state index contributed by atoms with van der Waals surface area (Å²) in [4.78, 5) is 24.1. The molecule has 0 aliphatic heterocycles. The molecule has 0 spiro atoms. The number of benzene rings is 2. The van der Waals surface area contributed by atoms with E-state index in [1.54, 1.807) is 12.1 Å². The summed E-state index contributed by atoms with van der Waals surface area (Å²) in [6.45, 7) is 7.73. The van der Waals surface area contributed by atoms with E-state index in [1.165, 1.54) is 0 Å². The maximum absolute atomic E-state index is 12.4. The molecule has 0 aromatic heterocycles. The molecule has 2 aromatic rings. The highest BCUT2D eigenvalue weighted by molar-refractivity contribution is 5.97. The summed E-state index contributed by atoms with van der Waals surface area (Å²) in [5, 5.41) is 12.2. The molecule has 0 fully saturated rings. The molecule has 2 aromatic carbocycles. The highest BCUT2D eigenvalue weighted by atomic mass is 16.4. The van der Waals surface area contributed by atoms with Crippen LogP contribution in [0.3, 0.4) is 0 Å². The Hall–Kier alpha value is -2.62. The van der Waals surface area contributed by atoms with Gasteiger partial charge >= 0.3 is 5.97 Å². The molecule has 0 unspecified atom stereocenters. The molecule has 1 amide bonds. The van der Waals surface area contributed by atoms with Crippen LogP contribution in [0.5, 0.6) is 0 Å². The molecule has 2 rings (SSSR count). The first-order valence-electron chi connectivity index (χ1n) is 7.95. The molecule has 1 atom stereocenters. The van der Waals surface area contributed by atoms with Crippen molar-refractivity contribution in [2.75, 3.05) is 0 Å². The molecule has 0 saturated heterocycles. The Labute approximate surface area is 142 Å². The zero-order chi connectivity index (χ0) is 17.9. The smallest absolute Gasteiger partial charge is 0.326 e. The van der Waals surface area contributed by atoms with Gasteiger partial charge in [0.05, 0.1) is 0 Å². The Bertz CT molecular complexity index is 740. The van der Waals surface area contributed by atoms with Gasteiger partial charge in [-0.15, -0.1) is 0 Å². The minimum atomic E-state index is -1.03. The van der Waals surface area contributed by atoms with Crippen molar-refractivity contribution in [3.8, 4) is 0 Å². The van der Waals surface area contributed by atoms with Crippen molar-refractivity contribution in [2.24, 2.45) is 0 Å². The van der Waals surface area contributed by atoms with Gasteiger partial charge in [0.25, 0.3) is 5.91 Å². The minimum absolute atomic E-state index is 0.268. The third-order valence-electron chi connectivity index (χ3n) is 4.14. The van der Waals surface area contributed by atoms with Gasteiger partial charge in [-0.1, -0.05) is 35.4 Å². The number of hydrogen-bond donors (Lipinski definition) is 2. The first-order valence-corrected chi connectivity index (χ1v) is 7.95. The second-order valence-electron chi connectivity index (χ2n) is 6.32. The fourth-order valence-electron chi connectivity index (χ4n) is 2.92. The summed E-state index contributed by atoms with van der Waals surface area (Å²) in [5.41, 5.74) is 5.46. The van der Waals surface area contributed by atoms with Crippen LogP contribution in [0.4, 0.5) is 0 Å². The van der Waals surface area contributed by atoms with E-state index < -0.39 is 12.0 Å². The molecular formula is C20H23NO3. The zero-order valence-electron chi connectivity index (χ0n) is 14.5. The van der Waals surface area contributed by atoms with Gasteiger partial charge < -0.3 is 10.4 Å². The second kappa shape index (κ2) is 7.30. The first-order chi connectivity index (χ1) is 11.3. The highest BCUT2D eigenvalue weighted by Gasteiger charge is 2.22. The van der Waals surface area contributed by atoms with Crippen LogP contribution in [0.1, 0.15) is 38.2 Å². The predicted molar refractivity (Wildman–Crippen MR) is 94.4 cm³/mol. The standard InChI is InChI=1S/C20H23NO3/c1-12-8-13(2)10-16(9-12)19(22)21-18(20(23)24)11-17-14(3)6-5-7-15(17)4/h5-10,18H,11H2,1-4H3,(H,21,22)(H,23,24)/t18-/m1/s1. The molecule has 2 N–H and O–H groups in total. The molecule has 0 aliphatic carbocycles. The van der Waals surface area contributed by atoms with Gasteiger partial charge in [-0.3, -0.25) is 4.79 Å². The van der Waals surface area contributed by atoms with Gasteiger partial charge in [-0.2, -0.15) is 0 Å². The van der Waals surface area contributed by atoms with Crippen LogP contribution in [0, 0.1) is 27.7 Å². The van der Waals surface area contributed by atoms with Crippen molar-refractivity contribution < 1.29 is 14.7 Å². The third-order valence-corrected chi connectivity index (χ3v) is 4.14. The molecule has 0 heterocycles. The summed E-state index contributed by atoms with van der Waals surface area (Å²) in [7, 11) is 0. The largest absolute Gasteiger partial charge is 0.480 e. The van der Waals surface area contributed by atoms with E-state index in [-0.39, 0.29) is 12.3 Å². The topological polar surface area (TPSA) is 66.4 Å². The summed E-state index contributed by atoms with van der Waals surface area (Å²) < 4.78 is 0. The van der Waals surface area contributed by atoms with Crippen LogP contribution in [0.2, 0.25) is 0 Å². The maximum atomic E-state index is 12.4. The first kappa shape index (κ1) is 17.7. The molecule has 126 valence electrons. The van der Waals surface area contributed by atoms with Gasteiger partial charge in [-0.05, 0) is 56.5 Å². The Kier molecular flexibility index (Phi) is 5.39. The van der Waals surface area contributed by atoms with Crippen molar-refractivity contribution in [1.82, 2.24) is 5.32 Å². The third kappa shape index (κ3) is 4.22. The summed E-state index contributed by atoms with van der Waals surface area (Å²) >= 11 is 0. The Morgan fingerprint density at radius 1 is 1.00 bits per heavy atom. The van der Waals surface area contributed by atoms with Crippen LogP contribution in [0.15, 0.2) is 36.4 Å². The van der Waals surface area contributed by atoms with E-state index in [0.717, 1.165) is 27.8 Å². The average Bonchev–Trinajstić information content (AvgIpc) is 2.48. The van der Waals surface area contributed by atoms with E-state index in [4.69, 9.17) is 0 Å². The zero-order valence-corrected chi connectivity index (χ0v) is 14.5. The van der Waals surface area contributed by atoms with Gasteiger partial charge in [0.15, 0.2) is 0 Å². The number of nitrogens with one attached hydrogen (secondary N) is 1. The van der Waals surface area contributed by atoms with Crippen molar-refractivity contribution in [2.45, 2.75) is 40.2 Å². The second-order valence-corrected chi connectivity index (χ2v) is 6.32. The SMILES string of the molecule is Cc1cc(C)cc(C(=O)N[C@H](Cc2c(C)cccc2C)C(=O)O)c1. The summed E-state index contributed by atoms with van der Waals surface area (Å²) in [5.74, 6) is -1.39. The monoisotopic (exact) mass is 325 g/mol. The number of aryl methyl sites for hydroxylation is 4. The van der Waals surface area contributed by atoms with Crippen molar-refractivity contribution in [1.29, 1.82) is 0 Å². The highest BCUT2D eigenvalue weighted by Crippen LogP contribution is 2.16. The number of carboxylic acids is 1. The normalized spacial score (nSPS) is 11.8. The average molecular weight is 325 g/mol. The molecular weight excluding hydrogens is 302 g/mol. The number of hydrogen-bond acceptors (Lipinski definition) is 2. The number of carbonyl (C=O) groups is 2. The van der Waals surface area contributed by atoms with Gasteiger partial charge in [0.2, 0.25) is 0 Å². The lowest BCUT2D eigenvalue weighted by Gasteiger charge is -2.18. The van der Waals surface area contributed by atoms with Crippen LogP contribution in [0.25, 0.3) is 0 Å². The Morgan fingerprint density at radius 2 is 1.54 bits per heavy atom. The molecule has 0 saturated carbocycles. The van der Waals surface area contributed by atoms with E-state index in [9.17, 15) is 14.7 Å². The van der Waals surface area contributed by atoms with Crippen LogP contribution < -0.4 is 5.32 Å². The summed E-state index contributed by atoms with van der Waals surface area (Å²) in [6, 6.07) is 10.4. The lowest BCUT2D eigenvalue weighted by atomic mass is 9.96. The quantitative estimate of drug-likeness (QED) is 0.886. The molecule has 0 radical (unpaired) electrons. The molecule has 0 bridgehead atoms. The lowest BCUT2D eigenvalue weighted by molar-refractivity contribution is -0.139. The fourth-order valence-corrected chi connectivity index (χ4v) is 2.92. The van der Waals surface area contributed by atoms with Gasteiger partial charge in [0.1, 0.15) is 6.04 Å². The van der Waals surface area contributed by atoms with Gasteiger partial charge in [-0.25, -0.2) is 4.79 Å². The van der Waals surface area contributed by atoms with E-state index in [1.807, 2.05) is 52.0 Å². The predicted octanol–water partition coefficient (Wildman–Crippen LogP) is 3.35. The van der Waals surface area contributed by atoms with E-state index in [2.05, 4.69) is 5.32 Å². The van der Waals surface area contributed by atoms with Crippen LogP contribution in [-0.2, 0) is 11.2 Å². The van der Waals surface area contributed by atoms with Crippen LogP contribution in [-0.4, -0.2) is 23.0 Å². The van der Waals surface area contributed by atoms with Crippen molar-refractivity contribution in [3.05, 3.63) is 69.8 Å². The molecule has 4 nitrogen and oxygen atoms in total.